The summed E-state index contributed by atoms with van der Waals surface area (Å²) in [6, 6.07) is 5.55. The van der Waals surface area contributed by atoms with E-state index in [0.717, 1.165) is 15.3 Å². The number of esters is 2. The first kappa shape index (κ1) is 105. The SMILES string of the molecule is CC(=O)OCC(OC1CO[Si](C(C)C)(C(C)C)O[Si](C(C)C)(C(C)C)OC1)n1ccc([NH-])nc1=O.CC(C)[Si]1(C(C)C)OCC(OC(CO)n2ccc(N)nc2=O)CO[Si](C(C)C)(C(C)C)O1.Nc1ccn(C(CO)OC(CO)CO)c(=O)n1.[2H]C([3H])OCC(COP(C)CCC[N+]#[C-])OC(COC(C)=O)n1ccc([NH-])nc1=O.[Ac].[Ac]. The summed E-state index contributed by atoms with van der Waals surface area (Å²) in [6.45, 7) is 44.6. The molecule has 2 aliphatic rings. The second-order valence-corrected chi connectivity index (χ2v) is 48.8. The van der Waals surface area contributed by atoms with Crippen molar-refractivity contribution < 1.29 is 184 Å². The van der Waals surface area contributed by atoms with Gasteiger partial charge in [-0.1, -0.05) is 122 Å². The fraction of sp³-hybridized carbons (Fsp3) is 0.729. The van der Waals surface area contributed by atoms with Gasteiger partial charge in [0.25, 0.3) is 0 Å². The first-order valence-electron chi connectivity index (χ1n) is 38.4. The molecule has 6 heterocycles. The molecule has 642 valence electrons. The average Bonchev–Trinajstić information content (AvgIpc) is 0.765. The molecule has 0 saturated carbocycles. The van der Waals surface area contributed by atoms with E-state index < -0.39 is 160 Å². The fourth-order valence-electron chi connectivity index (χ4n) is 12.3. The molecule has 0 aliphatic carbocycles. The molecule has 114 heavy (non-hydrogen) atoms. The van der Waals surface area contributed by atoms with Crippen LogP contribution in [0.25, 0.3) is 16.3 Å². The molecule has 0 aromatic carbocycles. The maximum atomic E-state index is 12.5. The fourth-order valence-corrected chi connectivity index (χ4v) is 35.7. The van der Waals surface area contributed by atoms with Crippen LogP contribution in [0.15, 0.2) is 68.2 Å². The van der Waals surface area contributed by atoms with Crippen molar-refractivity contribution in [2.75, 3.05) is 117 Å². The Kier molecular flexibility index (Phi) is 49.2. The summed E-state index contributed by atoms with van der Waals surface area (Å²) in [6.07, 6.45) is 0.351. The molecule has 7 atom stereocenters. The van der Waals surface area contributed by atoms with Crippen LogP contribution in [0.3, 0.4) is 0 Å². The number of hydrogen-bond acceptors (Lipinski definition) is 30. The maximum Gasteiger partial charge on any atom is 0.351 e. The summed E-state index contributed by atoms with van der Waals surface area (Å²) in [5.41, 5.74) is 24.9. The average molecular weight is 2130 g/mol. The molecule has 4 aromatic heterocycles. The molecule has 2 radical (unpaired) electrons. The van der Waals surface area contributed by atoms with Gasteiger partial charge in [-0.3, -0.25) is 37.4 Å². The van der Waals surface area contributed by atoms with Crippen molar-refractivity contribution in [3.05, 3.63) is 114 Å². The molecule has 6 rings (SSSR count). The first-order chi connectivity index (χ1) is 53.5. The molecule has 2 aliphatic heterocycles. The Morgan fingerprint density at radius 1 is 0.553 bits per heavy atom. The Bertz CT molecular complexity index is 3750. The topological polar surface area (TPSA) is 488 Å². The van der Waals surface area contributed by atoms with E-state index in [1.165, 1.54) is 72.0 Å². The van der Waals surface area contributed by atoms with Gasteiger partial charge in [-0.2, -0.15) is 9.97 Å². The van der Waals surface area contributed by atoms with Crippen molar-refractivity contribution in [2.45, 2.75) is 225 Å². The van der Waals surface area contributed by atoms with Gasteiger partial charge in [0.05, 0.1) is 68.8 Å². The van der Waals surface area contributed by atoms with E-state index in [1.54, 1.807) is 0 Å². The number of aliphatic hydroxyl groups excluding tert-OH is 4. The van der Waals surface area contributed by atoms with Gasteiger partial charge in [0.1, 0.15) is 49.3 Å². The number of nitrogens with one attached hydrogen (secondary N) is 2. The van der Waals surface area contributed by atoms with E-state index in [1.807, 2.05) is 6.66 Å². The van der Waals surface area contributed by atoms with Gasteiger partial charge in [-0.15, -0.1) is 0 Å². The number of nitrogen functional groups attached to an aromatic ring is 2. The van der Waals surface area contributed by atoms with Crippen LogP contribution < -0.4 is 34.2 Å². The van der Waals surface area contributed by atoms with E-state index in [0.29, 0.717) is 13.0 Å². The van der Waals surface area contributed by atoms with Crippen molar-refractivity contribution in [2.24, 2.45) is 0 Å². The summed E-state index contributed by atoms with van der Waals surface area (Å²) >= 11 is 0. The van der Waals surface area contributed by atoms with Crippen LogP contribution in [-0.2, 0) is 73.2 Å². The second kappa shape index (κ2) is 53.5. The number of anilines is 2. The molecular formula is C70H124Ac2N13O24PSi4-2. The Morgan fingerprint density at radius 3 is 1.22 bits per heavy atom. The minimum Gasteiger partial charge on any atom is -0.482 e. The Morgan fingerprint density at radius 2 is 0.886 bits per heavy atom. The predicted octanol–water partition coefficient (Wildman–Crippen LogP) is 8.31. The van der Waals surface area contributed by atoms with Gasteiger partial charge in [0.2, 0.25) is 17.9 Å². The van der Waals surface area contributed by atoms with E-state index in [2.05, 4.69) is 136 Å². The van der Waals surface area contributed by atoms with E-state index in [-0.39, 0.29) is 209 Å². The summed E-state index contributed by atoms with van der Waals surface area (Å²) in [7, 11) is -13.2. The number of rotatable bonds is 36. The quantitative estimate of drug-likeness (QED) is 0.00819. The number of carbonyl (C=O) groups is 2. The van der Waals surface area contributed by atoms with E-state index >= 15 is 0 Å². The van der Waals surface area contributed by atoms with Crippen LogP contribution in [-0.4, -0.2) is 235 Å². The normalized spacial score (nSPS) is 17.7. The minimum absolute atomic E-state index is 0. The van der Waals surface area contributed by atoms with Crippen molar-refractivity contribution in [3.8, 4) is 0 Å². The first-order valence-corrected chi connectivity index (χ1v) is 47.0. The third kappa shape index (κ3) is 32.9. The van der Waals surface area contributed by atoms with E-state index in [4.69, 9.17) is 111 Å². The van der Waals surface area contributed by atoms with Gasteiger partial charge in [-0.25, -0.2) is 16.2 Å². The minimum atomic E-state index is -2.74. The molecule has 2 saturated heterocycles. The van der Waals surface area contributed by atoms with Crippen molar-refractivity contribution >= 4 is 77.6 Å². The zero-order valence-electron chi connectivity index (χ0n) is 71.3. The number of aromatic nitrogens is 8. The van der Waals surface area contributed by atoms with Gasteiger partial charge >= 0.3 is 57.6 Å². The summed E-state index contributed by atoms with van der Waals surface area (Å²) in [5.74, 6) is -1.25. The molecule has 0 bridgehead atoms. The molecule has 4 aromatic rings. The Hall–Kier alpha value is -3.31. The molecule has 0 spiro atoms. The van der Waals surface area contributed by atoms with Gasteiger partial charge in [-0.05, 0) is 81.4 Å². The third-order valence-electron chi connectivity index (χ3n) is 18.1. The largest absolute Gasteiger partial charge is 0.482 e. The molecule has 2 fully saturated rings. The number of nitrogens with zero attached hydrogens (tertiary/aromatic N) is 9. The summed E-state index contributed by atoms with van der Waals surface area (Å²) in [5, 5.41) is 36.7. The maximum absolute atomic E-state index is 12.5. The molecule has 37 nitrogen and oxygen atoms in total. The van der Waals surface area contributed by atoms with Crippen molar-refractivity contribution in [3.63, 3.8) is 0 Å². The number of hydrogen-bond donors (Lipinski definition) is 6. The van der Waals surface area contributed by atoms with Crippen LogP contribution in [0.1, 0.15) is 159 Å². The number of ether oxygens (including phenoxy) is 7. The molecule has 10 N–H and O–H groups in total. The summed E-state index contributed by atoms with van der Waals surface area (Å²) < 4.78 is 104. The van der Waals surface area contributed by atoms with Crippen LogP contribution in [0, 0.1) is 94.7 Å². The van der Waals surface area contributed by atoms with Crippen molar-refractivity contribution in [1.29, 1.82) is 0 Å². The standard InChI is InChI=1S/C23H43N3O7Si2.C21H41N3O6Si2.C17H27N4O6P.C9H15N3O5.2Ac/c1-15(2)34(16(3)4)30-12-20(13-31-35(33-34,17(5)6)18(7)8)32-22(14-29-19(9)27)26-11-10-21(24)25-23(26)28;1-14(2)31(15(3)4)27-12-18(13-28-32(30-31,16(5)6)17(7)8)29-20(11-25)24-10-9-19(22)23-21(24)26;1-13(22)25-12-16(21-8-6-15(18)20-17(21)23)27-14(10-24-3)11-26-28(4)9-5-7-19-2;10-7-1-2-12(9(16)11-7)8(5-15)17-6(3-13)4-14;;/h10-11,15-18,20,22H,12-14H2,1-9H3,(H2,24,25,28);9-10,14-18,20,25H,11-13H2,1-8H3,(H2,22,23,26);6,8,14,16H,5,7,9-12H2,1,3-4H3,(H2,18,20,23);1-2,6,8,13-15H,3-5H2,(H2,10,11,16);;/p-2/i;;3TD;;;. The number of carbonyl (C=O) groups excluding carboxylic acids is 2. The Labute approximate surface area is 749 Å². The summed E-state index contributed by atoms with van der Waals surface area (Å²) in [4.78, 5) is 88.8. The smallest absolute Gasteiger partial charge is 0.351 e. The van der Waals surface area contributed by atoms with Crippen LogP contribution in [0.2, 0.25) is 44.3 Å². The second-order valence-electron chi connectivity index (χ2n) is 29.1. The van der Waals surface area contributed by atoms with Crippen LogP contribution >= 0.6 is 8.15 Å². The van der Waals surface area contributed by atoms with Gasteiger partial charge in [0.15, 0.2) is 24.9 Å². The molecule has 44 heteroatoms. The Balaban J connectivity index is 0.000000788. The zero-order chi connectivity index (χ0) is 86.2. The molecule has 0 amide bonds. The number of aliphatic hydroxyl groups is 4. The number of methoxy groups -OCH3 is 1. The number of nitrogens with two attached hydrogens (primary N) is 2. The van der Waals surface area contributed by atoms with Crippen LogP contribution in [0.5, 0.6) is 0 Å². The monoisotopic (exact) mass is 2130 g/mol. The van der Waals surface area contributed by atoms with E-state index in [9.17, 15) is 33.9 Å². The predicted molar refractivity (Wildman–Crippen MR) is 429 cm³/mol. The molecule has 7 unspecified atom stereocenters. The zero-order valence-corrected chi connectivity index (χ0v) is 83.7. The van der Waals surface area contributed by atoms with Gasteiger partial charge < -0.3 is 122 Å². The van der Waals surface area contributed by atoms with Crippen LogP contribution in [0.4, 0.5) is 23.3 Å². The third-order valence-corrected chi connectivity index (χ3v) is 40.1. The van der Waals surface area contributed by atoms with Crippen molar-refractivity contribution in [1.82, 2.24) is 38.2 Å². The molecular weight excluding hydrogens is 2000 g/mol. The van der Waals surface area contributed by atoms with Gasteiger partial charge in [0, 0.05) is 148 Å².